The average molecular weight is 411 g/mol. The molecule has 30 heavy (non-hydrogen) atoms. The lowest BCUT2D eigenvalue weighted by molar-refractivity contribution is 0.815. The van der Waals surface area contributed by atoms with Crippen LogP contribution in [-0.4, -0.2) is 9.55 Å². The number of imidazole rings is 1. The van der Waals surface area contributed by atoms with Crippen molar-refractivity contribution in [1.82, 2.24) is 9.55 Å². The monoisotopic (exact) mass is 410 g/mol. The maximum atomic E-state index is 4.75. The summed E-state index contributed by atoms with van der Waals surface area (Å²) < 4.78 is 5.07. The number of thiophene rings is 1. The van der Waals surface area contributed by atoms with Crippen LogP contribution in [0.15, 0.2) is 73.1 Å². The zero-order chi connectivity index (χ0) is 20.8. The number of hydrogen-bond donors (Lipinski definition) is 0. The van der Waals surface area contributed by atoms with Gasteiger partial charge in [-0.2, -0.15) is 0 Å². The molecule has 2 nitrogen and oxygen atoms in total. The van der Waals surface area contributed by atoms with E-state index >= 15 is 0 Å². The maximum absolute atomic E-state index is 4.75. The molecule has 2 aromatic heterocycles. The minimum absolute atomic E-state index is 0.403. The van der Waals surface area contributed by atoms with Crippen LogP contribution >= 0.6 is 11.3 Å². The zero-order valence-corrected chi connectivity index (χ0v) is 18.7. The third kappa shape index (κ3) is 2.96. The van der Waals surface area contributed by atoms with E-state index in [2.05, 4.69) is 99.1 Å². The van der Waals surface area contributed by atoms with Gasteiger partial charge in [-0.05, 0) is 35.1 Å². The van der Waals surface area contributed by atoms with Gasteiger partial charge in [0.05, 0.1) is 5.69 Å². The van der Waals surface area contributed by atoms with Gasteiger partial charge in [-0.15, -0.1) is 11.3 Å². The summed E-state index contributed by atoms with van der Waals surface area (Å²) in [5, 5.41) is 2.75. The summed E-state index contributed by atoms with van der Waals surface area (Å²) in [5.74, 6) is 1.81. The van der Waals surface area contributed by atoms with E-state index in [1.54, 1.807) is 0 Å². The summed E-state index contributed by atoms with van der Waals surface area (Å²) in [6, 6.07) is 21.7. The molecule has 3 aromatic carbocycles. The second-order valence-corrected chi connectivity index (χ2v) is 9.55. The predicted molar refractivity (Wildman–Crippen MR) is 130 cm³/mol. The molecule has 0 aliphatic rings. The normalized spacial score (nSPS) is 11.9. The van der Waals surface area contributed by atoms with Crippen LogP contribution in [0, 0.1) is 0 Å². The molecule has 0 unspecified atom stereocenters. The molecule has 5 rings (SSSR count). The number of hydrogen-bond acceptors (Lipinski definition) is 2. The third-order valence-electron chi connectivity index (χ3n) is 5.82. The molecular weight excluding hydrogens is 384 g/mol. The Morgan fingerprint density at radius 1 is 0.833 bits per heavy atom. The second kappa shape index (κ2) is 7.41. The summed E-state index contributed by atoms with van der Waals surface area (Å²) in [7, 11) is 0. The fourth-order valence-corrected chi connectivity index (χ4v) is 5.80. The molecule has 0 amide bonds. The smallest absolute Gasteiger partial charge is 0.144 e. The highest BCUT2D eigenvalue weighted by Crippen LogP contribution is 2.44. The first-order chi connectivity index (χ1) is 14.6. The van der Waals surface area contributed by atoms with Crippen LogP contribution in [0.25, 0.3) is 37.2 Å². The van der Waals surface area contributed by atoms with E-state index in [9.17, 15) is 0 Å². The van der Waals surface area contributed by atoms with Gasteiger partial charge in [0.25, 0.3) is 0 Å². The van der Waals surface area contributed by atoms with Gasteiger partial charge in [0, 0.05) is 38.1 Å². The first kappa shape index (κ1) is 19.1. The molecule has 0 bridgehead atoms. The van der Waals surface area contributed by atoms with Gasteiger partial charge in [-0.3, -0.25) is 4.57 Å². The Labute approximate surface area is 181 Å². The Hall–Kier alpha value is -2.91. The van der Waals surface area contributed by atoms with Gasteiger partial charge in [0.1, 0.15) is 5.82 Å². The van der Waals surface area contributed by atoms with Crippen LogP contribution < -0.4 is 0 Å². The summed E-state index contributed by atoms with van der Waals surface area (Å²) in [6.45, 7) is 9.21. The number of rotatable bonds is 4. The fourth-order valence-electron chi connectivity index (χ4n) is 4.42. The van der Waals surface area contributed by atoms with Crippen molar-refractivity contribution >= 4 is 31.5 Å². The summed E-state index contributed by atoms with van der Waals surface area (Å²) in [4.78, 5) is 4.75. The van der Waals surface area contributed by atoms with E-state index in [-0.39, 0.29) is 0 Å². The molecule has 2 heterocycles. The molecular formula is C27H26N2S. The van der Waals surface area contributed by atoms with Crippen LogP contribution in [-0.2, 0) is 0 Å². The molecule has 0 spiro atoms. The number of fused-ring (bicyclic) bond motifs is 3. The number of aromatic nitrogens is 2. The van der Waals surface area contributed by atoms with Gasteiger partial charge >= 0.3 is 0 Å². The molecule has 0 saturated heterocycles. The Balaban J connectivity index is 1.91. The molecule has 3 heteroatoms. The van der Waals surface area contributed by atoms with Crippen LogP contribution in [0.4, 0.5) is 0 Å². The van der Waals surface area contributed by atoms with Gasteiger partial charge in [-0.25, -0.2) is 4.98 Å². The van der Waals surface area contributed by atoms with Crippen molar-refractivity contribution in [2.45, 2.75) is 39.5 Å². The van der Waals surface area contributed by atoms with E-state index < -0.39 is 0 Å². The minimum Gasteiger partial charge on any atom is -0.299 e. The molecule has 0 atom stereocenters. The zero-order valence-electron chi connectivity index (χ0n) is 17.9. The quantitative estimate of drug-likeness (QED) is 0.292. The van der Waals surface area contributed by atoms with Crippen LogP contribution in [0.5, 0.6) is 0 Å². The molecule has 0 fully saturated rings. The Morgan fingerprint density at radius 3 is 2.30 bits per heavy atom. The first-order valence-corrected chi connectivity index (χ1v) is 11.4. The minimum atomic E-state index is 0.403. The van der Waals surface area contributed by atoms with E-state index in [1.807, 2.05) is 17.5 Å². The van der Waals surface area contributed by atoms with E-state index in [4.69, 9.17) is 4.98 Å². The van der Waals surface area contributed by atoms with Crippen molar-refractivity contribution in [1.29, 1.82) is 0 Å². The topological polar surface area (TPSA) is 17.8 Å². The Morgan fingerprint density at radius 2 is 1.57 bits per heavy atom. The van der Waals surface area contributed by atoms with Gasteiger partial charge in [0.2, 0.25) is 0 Å². The van der Waals surface area contributed by atoms with Crippen LogP contribution in [0.2, 0.25) is 0 Å². The van der Waals surface area contributed by atoms with Crippen molar-refractivity contribution in [3.05, 3.63) is 84.2 Å². The Kier molecular flexibility index (Phi) is 4.71. The largest absolute Gasteiger partial charge is 0.299 e. The fraction of sp³-hybridized carbons (Fsp3) is 0.222. The second-order valence-electron chi connectivity index (χ2n) is 8.50. The van der Waals surface area contributed by atoms with E-state index in [0.717, 1.165) is 11.4 Å². The van der Waals surface area contributed by atoms with Crippen molar-refractivity contribution in [3.63, 3.8) is 0 Å². The highest BCUT2D eigenvalue weighted by molar-refractivity contribution is 7.26. The lowest BCUT2D eigenvalue weighted by Crippen LogP contribution is -2.08. The third-order valence-corrected chi connectivity index (χ3v) is 7.04. The van der Waals surface area contributed by atoms with Gasteiger partial charge in [-0.1, -0.05) is 76.2 Å². The number of nitrogens with zero attached hydrogens (tertiary/aromatic N) is 2. The molecule has 0 saturated carbocycles. The van der Waals surface area contributed by atoms with Crippen LogP contribution in [0.3, 0.4) is 0 Å². The summed E-state index contributed by atoms with van der Waals surface area (Å²) in [6.07, 6.45) is 4.04. The highest BCUT2D eigenvalue weighted by Gasteiger charge is 2.23. The van der Waals surface area contributed by atoms with E-state index in [0.29, 0.717) is 11.8 Å². The van der Waals surface area contributed by atoms with Gasteiger partial charge in [0.15, 0.2) is 0 Å². The van der Waals surface area contributed by atoms with Crippen molar-refractivity contribution in [2.75, 3.05) is 0 Å². The molecule has 0 aliphatic carbocycles. The summed E-state index contributed by atoms with van der Waals surface area (Å²) >= 11 is 1.92. The van der Waals surface area contributed by atoms with Crippen molar-refractivity contribution in [2.24, 2.45) is 0 Å². The van der Waals surface area contributed by atoms with E-state index in [1.165, 1.54) is 37.0 Å². The predicted octanol–water partition coefficient (Wildman–Crippen LogP) is 8.15. The first-order valence-electron chi connectivity index (χ1n) is 10.6. The lowest BCUT2D eigenvalue weighted by atomic mass is 9.90. The Bertz CT molecular complexity index is 1340. The standard InChI is InChI=1S/C27H26N2S/c1-17(2)21-16-22-20-12-8-9-13-23(20)30-26(22)24(18(3)4)25(21)29-15-14-28-27(29)19-10-6-5-7-11-19/h5-18H,1-4H3. The molecule has 0 N–H and O–H groups in total. The maximum Gasteiger partial charge on any atom is 0.144 e. The van der Waals surface area contributed by atoms with Crippen molar-refractivity contribution < 1.29 is 0 Å². The molecule has 0 aliphatic heterocycles. The summed E-state index contributed by atoms with van der Waals surface area (Å²) in [5.41, 5.74) is 5.25. The van der Waals surface area contributed by atoms with Gasteiger partial charge < -0.3 is 0 Å². The van der Waals surface area contributed by atoms with Crippen LogP contribution in [0.1, 0.15) is 50.7 Å². The molecule has 5 aromatic rings. The molecule has 0 radical (unpaired) electrons. The average Bonchev–Trinajstić information content (AvgIpc) is 3.37. The number of benzene rings is 3. The lowest BCUT2D eigenvalue weighted by Gasteiger charge is -2.23. The SMILES string of the molecule is CC(C)c1cc2c(sc3ccccc32)c(C(C)C)c1-n1ccnc1-c1ccccc1. The molecule has 150 valence electrons. The van der Waals surface area contributed by atoms with Crippen molar-refractivity contribution in [3.8, 4) is 17.1 Å². The highest BCUT2D eigenvalue weighted by atomic mass is 32.1.